The van der Waals surface area contributed by atoms with Crippen LogP contribution in [0.2, 0.25) is 5.02 Å². The number of hydrogen-bond acceptors (Lipinski definition) is 4. The molecule has 7 heteroatoms. The summed E-state index contributed by atoms with van der Waals surface area (Å²) in [6.07, 6.45) is 1.98. The van der Waals surface area contributed by atoms with Gasteiger partial charge < -0.3 is 10.2 Å². The van der Waals surface area contributed by atoms with Crippen molar-refractivity contribution < 1.29 is 9.59 Å². The van der Waals surface area contributed by atoms with Crippen LogP contribution in [0.5, 0.6) is 0 Å². The molecule has 0 radical (unpaired) electrons. The van der Waals surface area contributed by atoms with Gasteiger partial charge in [0.1, 0.15) is 12.6 Å². The first-order valence-corrected chi connectivity index (χ1v) is 11.7. The van der Waals surface area contributed by atoms with Crippen LogP contribution in [0.1, 0.15) is 18.1 Å². The molecular formula is C25H22ClN3O2S. The molecule has 1 aliphatic rings. The minimum atomic E-state index is -0.649. The lowest BCUT2D eigenvalue weighted by atomic mass is 10.00. The summed E-state index contributed by atoms with van der Waals surface area (Å²) in [5.74, 6) is -0.527. The van der Waals surface area contributed by atoms with Gasteiger partial charge in [-0.25, -0.2) is 0 Å². The highest BCUT2D eigenvalue weighted by Gasteiger charge is 2.31. The third-order valence-corrected chi connectivity index (χ3v) is 6.11. The fourth-order valence-electron chi connectivity index (χ4n) is 3.63. The van der Waals surface area contributed by atoms with Gasteiger partial charge in [-0.3, -0.25) is 14.6 Å². The van der Waals surface area contributed by atoms with Gasteiger partial charge in [0.15, 0.2) is 0 Å². The van der Waals surface area contributed by atoms with E-state index in [9.17, 15) is 9.59 Å². The van der Waals surface area contributed by atoms with Gasteiger partial charge in [0, 0.05) is 26.7 Å². The summed E-state index contributed by atoms with van der Waals surface area (Å²) < 4.78 is 0. The van der Waals surface area contributed by atoms with Crippen molar-refractivity contribution in [1.29, 1.82) is 0 Å². The molecule has 0 unspecified atom stereocenters. The number of benzodiazepines with no additional fused rings is 1. The number of anilines is 2. The second-order valence-corrected chi connectivity index (χ2v) is 8.70. The largest absolute Gasteiger partial charge is 0.324 e. The zero-order valence-corrected chi connectivity index (χ0v) is 19.3. The number of carbonyl (C=O) groups excluding carboxylic acids is 2. The summed E-state index contributed by atoms with van der Waals surface area (Å²) in [6, 6.07) is 21.9. The van der Waals surface area contributed by atoms with Crippen LogP contribution in [0.4, 0.5) is 11.4 Å². The molecule has 32 heavy (non-hydrogen) atoms. The SMILES string of the molecule is CSc1cccc(NC(=O)CN2C(=O)[C@@H](C)N=C(c3ccccc3)c3cc(Cl)ccc32)c1. The molecule has 0 spiro atoms. The van der Waals surface area contributed by atoms with Gasteiger partial charge in [0.25, 0.3) is 5.91 Å². The third kappa shape index (κ3) is 4.71. The Balaban J connectivity index is 1.69. The van der Waals surface area contributed by atoms with Crippen LogP contribution in [0, 0.1) is 0 Å². The zero-order chi connectivity index (χ0) is 22.7. The van der Waals surface area contributed by atoms with E-state index in [2.05, 4.69) is 5.32 Å². The van der Waals surface area contributed by atoms with Crippen molar-refractivity contribution in [1.82, 2.24) is 0 Å². The molecular weight excluding hydrogens is 442 g/mol. The molecule has 2 amide bonds. The minimum absolute atomic E-state index is 0.126. The lowest BCUT2D eigenvalue weighted by molar-refractivity contribution is -0.122. The molecule has 0 fully saturated rings. The molecule has 0 aromatic heterocycles. The number of amides is 2. The van der Waals surface area contributed by atoms with Crippen LogP contribution in [-0.2, 0) is 9.59 Å². The van der Waals surface area contributed by atoms with E-state index in [4.69, 9.17) is 16.6 Å². The van der Waals surface area contributed by atoms with E-state index in [1.165, 1.54) is 4.90 Å². The normalized spacial score (nSPS) is 15.6. The summed E-state index contributed by atoms with van der Waals surface area (Å²) in [4.78, 5) is 33.4. The second-order valence-electron chi connectivity index (χ2n) is 7.39. The molecule has 1 N–H and O–H groups in total. The molecule has 1 atom stereocenters. The van der Waals surface area contributed by atoms with E-state index in [0.717, 1.165) is 16.0 Å². The first kappa shape index (κ1) is 22.1. The molecule has 0 saturated carbocycles. The monoisotopic (exact) mass is 463 g/mol. The van der Waals surface area contributed by atoms with E-state index in [1.54, 1.807) is 36.9 Å². The van der Waals surface area contributed by atoms with E-state index in [-0.39, 0.29) is 18.4 Å². The molecule has 3 aromatic carbocycles. The number of nitrogens with one attached hydrogen (secondary N) is 1. The Bertz CT molecular complexity index is 1200. The quantitative estimate of drug-likeness (QED) is 0.524. The first-order chi connectivity index (χ1) is 15.5. The van der Waals surface area contributed by atoms with Gasteiger partial charge in [0.05, 0.1) is 11.4 Å². The number of benzene rings is 3. The summed E-state index contributed by atoms with van der Waals surface area (Å²) in [6.45, 7) is 1.62. The maximum absolute atomic E-state index is 13.3. The number of aliphatic imine (C=N–C) groups is 1. The zero-order valence-electron chi connectivity index (χ0n) is 17.7. The summed E-state index contributed by atoms with van der Waals surface area (Å²) >= 11 is 7.90. The Hall–Kier alpha value is -3.09. The van der Waals surface area contributed by atoms with Gasteiger partial charge in [-0.05, 0) is 49.6 Å². The second kappa shape index (κ2) is 9.59. The van der Waals surface area contributed by atoms with Crippen molar-refractivity contribution in [2.24, 2.45) is 4.99 Å². The summed E-state index contributed by atoms with van der Waals surface area (Å²) in [5.41, 5.74) is 3.59. The predicted octanol–water partition coefficient (Wildman–Crippen LogP) is 5.27. The van der Waals surface area contributed by atoms with Crippen molar-refractivity contribution in [3.8, 4) is 0 Å². The minimum Gasteiger partial charge on any atom is -0.324 e. The fourth-order valence-corrected chi connectivity index (χ4v) is 4.26. The first-order valence-electron chi connectivity index (χ1n) is 10.1. The molecule has 162 valence electrons. The van der Waals surface area contributed by atoms with Gasteiger partial charge >= 0.3 is 0 Å². The van der Waals surface area contributed by atoms with Crippen LogP contribution in [0.15, 0.2) is 82.7 Å². The van der Waals surface area contributed by atoms with Crippen LogP contribution >= 0.6 is 23.4 Å². The Kier molecular flexibility index (Phi) is 6.63. The number of fused-ring (bicyclic) bond motifs is 1. The van der Waals surface area contributed by atoms with Crippen LogP contribution in [0.25, 0.3) is 0 Å². The molecule has 0 saturated heterocycles. The molecule has 3 aromatic rings. The van der Waals surface area contributed by atoms with Crippen molar-refractivity contribution >= 4 is 52.3 Å². The number of thioether (sulfide) groups is 1. The van der Waals surface area contributed by atoms with Gasteiger partial charge in [-0.2, -0.15) is 0 Å². The van der Waals surface area contributed by atoms with Crippen molar-refractivity contribution in [3.63, 3.8) is 0 Å². The Morgan fingerprint density at radius 2 is 1.88 bits per heavy atom. The van der Waals surface area contributed by atoms with Gasteiger partial charge in [-0.15, -0.1) is 11.8 Å². The number of hydrogen-bond donors (Lipinski definition) is 1. The lowest BCUT2D eigenvalue weighted by Gasteiger charge is -2.24. The van der Waals surface area contributed by atoms with Crippen LogP contribution < -0.4 is 10.2 Å². The van der Waals surface area contributed by atoms with Crippen molar-refractivity contribution in [2.75, 3.05) is 23.0 Å². The molecule has 1 heterocycles. The molecule has 5 nitrogen and oxygen atoms in total. The molecule has 0 aliphatic carbocycles. The highest BCUT2D eigenvalue weighted by molar-refractivity contribution is 7.98. The van der Waals surface area contributed by atoms with Crippen molar-refractivity contribution in [2.45, 2.75) is 17.9 Å². The summed E-state index contributed by atoms with van der Waals surface area (Å²) in [7, 11) is 0. The maximum Gasteiger partial charge on any atom is 0.252 e. The van der Waals surface area contributed by atoms with Crippen molar-refractivity contribution in [3.05, 3.63) is 88.9 Å². The topological polar surface area (TPSA) is 61.8 Å². The highest BCUT2D eigenvalue weighted by Crippen LogP contribution is 2.31. The standard InChI is InChI=1S/C25H22ClN3O2S/c1-16-25(31)29(15-23(30)28-19-9-6-10-20(14-19)32-2)22-12-11-18(26)13-21(22)24(27-16)17-7-4-3-5-8-17/h3-14,16H,15H2,1-2H3,(H,28,30)/t16-/m1/s1. The average Bonchev–Trinajstić information content (AvgIpc) is 2.90. The van der Waals surface area contributed by atoms with E-state index in [0.29, 0.717) is 22.1 Å². The number of carbonyl (C=O) groups is 2. The number of rotatable bonds is 5. The highest BCUT2D eigenvalue weighted by atomic mass is 35.5. The van der Waals surface area contributed by atoms with E-state index < -0.39 is 6.04 Å². The van der Waals surface area contributed by atoms with Gasteiger partial charge in [-0.1, -0.05) is 48.0 Å². The van der Waals surface area contributed by atoms with Gasteiger partial charge in [0.2, 0.25) is 5.91 Å². The Morgan fingerprint density at radius 1 is 1.09 bits per heavy atom. The smallest absolute Gasteiger partial charge is 0.252 e. The predicted molar refractivity (Wildman–Crippen MR) is 132 cm³/mol. The Morgan fingerprint density at radius 3 is 2.62 bits per heavy atom. The summed E-state index contributed by atoms with van der Waals surface area (Å²) in [5, 5.41) is 3.43. The number of halogens is 1. The maximum atomic E-state index is 13.3. The molecule has 4 rings (SSSR count). The number of nitrogens with zero attached hydrogens (tertiary/aromatic N) is 2. The van der Waals surface area contributed by atoms with E-state index in [1.807, 2.05) is 60.9 Å². The van der Waals surface area contributed by atoms with Crippen LogP contribution in [-0.4, -0.2) is 36.4 Å². The third-order valence-electron chi connectivity index (χ3n) is 5.15. The van der Waals surface area contributed by atoms with Crippen LogP contribution in [0.3, 0.4) is 0 Å². The molecule has 1 aliphatic heterocycles. The Labute approximate surface area is 196 Å². The van der Waals surface area contributed by atoms with E-state index >= 15 is 0 Å². The average molecular weight is 464 g/mol. The lowest BCUT2D eigenvalue weighted by Crippen LogP contribution is -2.42. The molecule has 0 bridgehead atoms. The fraction of sp³-hybridized carbons (Fsp3) is 0.160.